The first-order valence-electron chi connectivity index (χ1n) is 5.10. The van der Waals surface area contributed by atoms with Crippen molar-refractivity contribution in [1.82, 2.24) is 0 Å². The maximum Gasteiger partial charge on any atom is 0.225 e. The van der Waals surface area contributed by atoms with Crippen LogP contribution in [0.2, 0.25) is 5.02 Å². The fourth-order valence-electron chi connectivity index (χ4n) is 1.26. The summed E-state index contributed by atoms with van der Waals surface area (Å²) in [5.74, 6) is -0.442. The fraction of sp³-hybridized carbons (Fsp3) is 0.273. The van der Waals surface area contributed by atoms with Gasteiger partial charge < -0.3 is 16.4 Å². The van der Waals surface area contributed by atoms with Gasteiger partial charge in [-0.05, 0) is 18.2 Å². The van der Waals surface area contributed by atoms with E-state index in [9.17, 15) is 9.59 Å². The van der Waals surface area contributed by atoms with E-state index in [2.05, 4.69) is 10.6 Å². The summed E-state index contributed by atoms with van der Waals surface area (Å²) in [4.78, 5) is 22.4. The summed E-state index contributed by atoms with van der Waals surface area (Å²) in [6, 6.07) is 4.83. The van der Waals surface area contributed by atoms with Crippen LogP contribution in [0.3, 0.4) is 0 Å². The van der Waals surface area contributed by atoms with Crippen molar-refractivity contribution in [1.29, 1.82) is 0 Å². The Kier molecular flexibility index (Phi) is 7.35. The van der Waals surface area contributed by atoms with Crippen LogP contribution in [-0.4, -0.2) is 18.4 Å². The van der Waals surface area contributed by atoms with Gasteiger partial charge in [-0.1, -0.05) is 11.6 Å². The number of hydrogen-bond acceptors (Lipinski definition) is 3. The summed E-state index contributed by atoms with van der Waals surface area (Å²) < 4.78 is 0. The van der Waals surface area contributed by atoms with E-state index >= 15 is 0 Å². The van der Waals surface area contributed by atoms with Crippen LogP contribution in [0, 0.1) is 0 Å². The predicted molar refractivity (Wildman–Crippen MR) is 75.3 cm³/mol. The van der Waals surface area contributed by atoms with E-state index in [0.717, 1.165) is 0 Å². The Labute approximate surface area is 116 Å². The quantitative estimate of drug-likeness (QED) is 0.793. The first-order chi connectivity index (χ1) is 8.02. The van der Waals surface area contributed by atoms with Crippen LogP contribution in [0.5, 0.6) is 0 Å². The van der Waals surface area contributed by atoms with Crippen molar-refractivity contribution in [2.24, 2.45) is 5.73 Å². The lowest BCUT2D eigenvalue weighted by molar-refractivity contribution is -0.116. The van der Waals surface area contributed by atoms with Crippen molar-refractivity contribution in [2.45, 2.75) is 13.3 Å². The summed E-state index contributed by atoms with van der Waals surface area (Å²) in [7, 11) is 0. The number of carbonyl (C=O) groups is 2. The molecule has 4 N–H and O–H groups in total. The molecule has 100 valence electrons. The molecule has 0 unspecified atom stereocenters. The molecule has 5 nitrogen and oxygen atoms in total. The van der Waals surface area contributed by atoms with Crippen molar-refractivity contribution in [3.05, 3.63) is 23.2 Å². The van der Waals surface area contributed by atoms with Crippen molar-refractivity contribution in [3.63, 3.8) is 0 Å². The van der Waals surface area contributed by atoms with E-state index in [4.69, 9.17) is 17.3 Å². The Morgan fingerprint density at radius 2 is 1.94 bits per heavy atom. The Hall–Kier alpha value is -1.30. The third-order valence-electron chi connectivity index (χ3n) is 1.94. The molecule has 0 aliphatic heterocycles. The molecule has 0 aromatic heterocycles. The van der Waals surface area contributed by atoms with Gasteiger partial charge in [0, 0.05) is 24.9 Å². The van der Waals surface area contributed by atoms with Gasteiger partial charge in [-0.25, -0.2) is 0 Å². The number of halogens is 2. The van der Waals surface area contributed by atoms with Crippen LogP contribution in [0.15, 0.2) is 18.2 Å². The molecule has 18 heavy (non-hydrogen) atoms. The highest BCUT2D eigenvalue weighted by Crippen LogP contribution is 2.25. The van der Waals surface area contributed by atoms with E-state index in [1.54, 1.807) is 18.2 Å². The highest BCUT2D eigenvalue weighted by Gasteiger charge is 2.08. The van der Waals surface area contributed by atoms with E-state index in [0.29, 0.717) is 16.4 Å². The summed E-state index contributed by atoms with van der Waals surface area (Å²) in [5.41, 5.74) is 6.25. The second kappa shape index (κ2) is 7.92. The van der Waals surface area contributed by atoms with Crippen LogP contribution in [-0.2, 0) is 9.59 Å². The molecule has 0 saturated carbocycles. The third-order valence-corrected chi connectivity index (χ3v) is 2.17. The molecule has 2 amide bonds. The van der Waals surface area contributed by atoms with Gasteiger partial charge >= 0.3 is 0 Å². The molecule has 0 heterocycles. The smallest absolute Gasteiger partial charge is 0.225 e. The van der Waals surface area contributed by atoms with Crippen molar-refractivity contribution < 1.29 is 9.59 Å². The Balaban J connectivity index is 0.00000289. The minimum Gasteiger partial charge on any atom is -0.330 e. The molecule has 0 aliphatic rings. The molecule has 0 saturated heterocycles. The molecule has 7 heteroatoms. The minimum atomic E-state index is -0.221. The molecule has 1 aromatic rings. The molecular weight excluding hydrogens is 277 g/mol. The molecule has 1 aromatic carbocycles. The van der Waals surface area contributed by atoms with Crippen LogP contribution in [0.25, 0.3) is 0 Å². The Morgan fingerprint density at radius 1 is 1.28 bits per heavy atom. The average Bonchev–Trinajstić information content (AvgIpc) is 2.22. The number of nitrogens with two attached hydrogens (primary N) is 1. The van der Waals surface area contributed by atoms with Crippen LogP contribution in [0.4, 0.5) is 11.4 Å². The van der Waals surface area contributed by atoms with Gasteiger partial charge in [0.15, 0.2) is 0 Å². The Bertz CT molecular complexity index is 438. The second-order valence-corrected chi connectivity index (χ2v) is 3.89. The zero-order valence-electron chi connectivity index (χ0n) is 9.83. The van der Waals surface area contributed by atoms with E-state index in [1.807, 2.05) is 0 Å². The maximum absolute atomic E-state index is 11.4. The van der Waals surface area contributed by atoms with Crippen LogP contribution >= 0.6 is 24.0 Å². The summed E-state index contributed by atoms with van der Waals surface area (Å²) in [6.45, 7) is 1.65. The molecule has 0 fully saturated rings. The van der Waals surface area contributed by atoms with Gasteiger partial charge in [-0.3, -0.25) is 9.59 Å². The summed E-state index contributed by atoms with van der Waals surface area (Å²) >= 11 is 5.83. The van der Waals surface area contributed by atoms with Gasteiger partial charge in [-0.2, -0.15) is 0 Å². The van der Waals surface area contributed by atoms with Crippen molar-refractivity contribution >= 4 is 47.2 Å². The lowest BCUT2D eigenvalue weighted by Gasteiger charge is -2.11. The summed E-state index contributed by atoms with van der Waals surface area (Å²) in [5, 5.41) is 5.72. The van der Waals surface area contributed by atoms with Crippen molar-refractivity contribution in [3.8, 4) is 0 Å². The number of nitrogens with one attached hydrogen (secondary N) is 2. The van der Waals surface area contributed by atoms with Gasteiger partial charge in [0.2, 0.25) is 11.8 Å². The average molecular weight is 292 g/mol. The lowest BCUT2D eigenvalue weighted by atomic mass is 10.2. The number of anilines is 2. The monoisotopic (exact) mass is 291 g/mol. The van der Waals surface area contributed by atoms with E-state index < -0.39 is 0 Å². The SMILES string of the molecule is CC(=O)Nc1ccc(Cl)cc1NC(=O)CCN.Cl. The topological polar surface area (TPSA) is 84.2 Å². The second-order valence-electron chi connectivity index (χ2n) is 3.46. The molecule has 0 radical (unpaired) electrons. The first-order valence-corrected chi connectivity index (χ1v) is 5.48. The largest absolute Gasteiger partial charge is 0.330 e. The van der Waals surface area contributed by atoms with Gasteiger partial charge in [0.1, 0.15) is 0 Å². The third kappa shape index (κ3) is 5.35. The number of amides is 2. The minimum absolute atomic E-state index is 0. The van der Waals surface area contributed by atoms with Gasteiger partial charge in [-0.15, -0.1) is 12.4 Å². The van der Waals surface area contributed by atoms with Gasteiger partial charge in [0.25, 0.3) is 0 Å². The number of hydrogen-bond donors (Lipinski definition) is 3. The number of rotatable bonds is 4. The van der Waals surface area contributed by atoms with Gasteiger partial charge in [0.05, 0.1) is 11.4 Å². The molecular formula is C11H15Cl2N3O2. The maximum atomic E-state index is 11.4. The molecule has 0 spiro atoms. The van der Waals surface area contributed by atoms with E-state index in [1.165, 1.54) is 6.92 Å². The number of carbonyl (C=O) groups excluding carboxylic acids is 2. The van der Waals surface area contributed by atoms with Crippen LogP contribution in [0.1, 0.15) is 13.3 Å². The van der Waals surface area contributed by atoms with Crippen molar-refractivity contribution in [2.75, 3.05) is 17.2 Å². The molecule has 1 rings (SSSR count). The highest BCUT2D eigenvalue weighted by molar-refractivity contribution is 6.31. The Morgan fingerprint density at radius 3 is 2.50 bits per heavy atom. The van der Waals surface area contributed by atoms with Crippen LogP contribution < -0.4 is 16.4 Å². The zero-order valence-corrected chi connectivity index (χ0v) is 11.4. The molecule has 0 atom stereocenters. The molecule has 0 bridgehead atoms. The fourth-order valence-corrected chi connectivity index (χ4v) is 1.43. The first kappa shape index (κ1) is 16.7. The standard InChI is InChI=1S/C11H14ClN3O2.ClH/c1-7(16)14-9-3-2-8(12)6-10(9)15-11(17)4-5-13;/h2-3,6H,4-5,13H2,1H3,(H,14,16)(H,15,17);1H. The molecule has 0 aliphatic carbocycles. The summed E-state index contributed by atoms with van der Waals surface area (Å²) in [6.07, 6.45) is 0.214. The predicted octanol–water partition coefficient (Wildman–Crippen LogP) is 2.01. The normalized spacial score (nSPS) is 9.28. The highest BCUT2D eigenvalue weighted by atomic mass is 35.5. The zero-order chi connectivity index (χ0) is 12.8. The van der Waals surface area contributed by atoms with E-state index in [-0.39, 0.29) is 37.2 Å². The lowest BCUT2D eigenvalue weighted by Crippen LogP contribution is -2.18. The number of benzene rings is 1.